The lowest BCUT2D eigenvalue weighted by Crippen LogP contribution is -2.39. The van der Waals surface area contributed by atoms with Crippen molar-refractivity contribution in [3.05, 3.63) is 35.4 Å². The summed E-state index contributed by atoms with van der Waals surface area (Å²) in [5.41, 5.74) is 2.15. The molecule has 1 saturated carbocycles. The molecule has 1 saturated heterocycles. The van der Waals surface area contributed by atoms with Crippen LogP contribution in [0.4, 0.5) is 0 Å². The first-order chi connectivity index (χ1) is 9.71. The highest BCUT2D eigenvalue weighted by Gasteiger charge is 2.51. The average molecular weight is 273 g/mol. The second kappa shape index (κ2) is 5.57. The highest BCUT2D eigenvalue weighted by Crippen LogP contribution is 2.48. The molecule has 0 bridgehead atoms. The van der Waals surface area contributed by atoms with Crippen LogP contribution in [0.2, 0.25) is 0 Å². The minimum atomic E-state index is -0.248. The van der Waals surface area contributed by atoms with Crippen LogP contribution < -0.4 is 5.32 Å². The molecule has 0 radical (unpaired) electrons. The van der Waals surface area contributed by atoms with E-state index in [2.05, 4.69) is 30.4 Å². The summed E-state index contributed by atoms with van der Waals surface area (Å²) in [5, 5.41) is 3.15. The van der Waals surface area contributed by atoms with Gasteiger partial charge in [-0.2, -0.15) is 0 Å². The first kappa shape index (κ1) is 13.6. The molecule has 2 aliphatic rings. The predicted octanol–water partition coefficient (Wildman–Crippen LogP) is 2.57. The standard InChI is InChI=1S/C17H23NO2/c1-13-4-2-6-15(10-13)17(7-8-17)16(19)18-11-14-5-3-9-20-12-14/h2,4,6,10,14H,3,5,7-9,11-12H2,1H3,(H,18,19)/t14-/m0/s1. The van der Waals surface area contributed by atoms with Gasteiger partial charge in [-0.3, -0.25) is 4.79 Å². The van der Waals surface area contributed by atoms with E-state index in [9.17, 15) is 4.79 Å². The van der Waals surface area contributed by atoms with E-state index in [0.717, 1.165) is 45.4 Å². The van der Waals surface area contributed by atoms with Crippen LogP contribution in [0, 0.1) is 12.8 Å². The lowest BCUT2D eigenvalue weighted by atomic mass is 9.93. The van der Waals surface area contributed by atoms with Crippen molar-refractivity contribution in [2.75, 3.05) is 19.8 Å². The molecule has 1 atom stereocenters. The molecule has 0 spiro atoms. The molecule has 1 aliphatic carbocycles. The summed E-state index contributed by atoms with van der Waals surface area (Å²) in [4.78, 5) is 12.5. The average Bonchev–Trinajstić information content (AvgIpc) is 3.28. The van der Waals surface area contributed by atoms with Gasteiger partial charge >= 0.3 is 0 Å². The zero-order chi connectivity index (χ0) is 14.0. The van der Waals surface area contributed by atoms with Gasteiger partial charge in [0.1, 0.15) is 0 Å². The Bertz CT molecular complexity index is 488. The van der Waals surface area contributed by atoms with Crippen LogP contribution in [-0.2, 0) is 14.9 Å². The molecular formula is C17H23NO2. The zero-order valence-electron chi connectivity index (χ0n) is 12.2. The maximum atomic E-state index is 12.5. The Morgan fingerprint density at radius 2 is 2.30 bits per heavy atom. The number of benzene rings is 1. The molecular weight excluding hydrogens is 250 g/mol. The normalized spacial score (nSPS) is 24.1. The van der Waals surface area contributed by atoms with Gasteiger partial charge < -0.3 is 10.1 Å². The summed E-state index contributed by atoms with van der Waals surface area (Å²) < 4.78 is 5.46. The molecule has 3 heteroatoms. The van der Waals surface area contributed by atoms with Crippen molar-refractivity contribution in [3.63, 3.8) is 0 Å². The van der Waals surface area contributed by atoms with E-state index in [4.69, 9.17) is 4.74 Å². The van der Waals surface area contributed by atoms with E-state index >= 15 is 0 Å². The second-order valence-electron chi connectivity index (χ2n) is 6.24. The van der Waals surface area contributed by atoms with E-state index in [1.165, 1.54) is 11.1 Å². The van der Waals surface area contributed by atoms with Crippen LogP contribution in [0.3, 0.4) is 0 Å². The summed E-state index contributed by atoms with van der Waals surface area (Å²) in [7, 11) is 0. The smallest absolute Gasteiger partial charge is 0.230 e. The van der Waals surface area contributed by atoms with E-state index in [1.807, 2.05) is 6.07 Å². The topological polar surface area (TPSA) is 38.3 Å². The third-order valence-electron chi connectivity index (χ3n) is 4.56. The number of aryl methyl sites for hydroxylation is 1. The third kappa shape index (κ3) is 2.73. The van der Waals surface area contributed by atoms with Crippen molar-refractivity contribution in [2.45, 2.75) is 38.0 Å². The van der Waals surface area contributed by atoms with Gasteiger partial charge in [-0.15, -0.1) is 0 Å². The number of amides is 1. The van der Waals surface area contributed by atoms with Gasteiger partial charge in [0.15, 0.2) is 0 Å². The Morgan fingerprint density at radius 3 is 2.95 bits per heavy atom. The van der Waals surface area contributed by atoms with Crippen molar-refractivity contribution in [1.82, 2.24) is 5.32 Å². The van der Waals surface area contributed by atoms with Gasteiger partial charge in [0.05, 0.1) is 12.0 Å². The number of hydrogen-bond acceptors (Lipinski definition) is 2. The number of carbonyl (C=O) groups is 1. The maximum Gasteiger partial charge on any atom is 0.230 e. The van der Waals surface area contributed by atoms with Crippen LogP contribution >= 0.6 is 0 Å². The number of rotatable bonds is 4. The summed E-state index contributed by atoms with van der Waals surface area (Å²) >= 11 is 0. The van der Waals surface area contributed by atoms with Gasteiger partial charge in [0.2, 0.25) is 5.91 Å². The summed E-state index contributed by atoms with van der Waals surface area (Å²) in [6.45, 7) is 4.50. The van der Waals surface area contributed by atoms with Crippen LogP contribution in [0.5, 0.6) is 0 Å². The predicted molar refractivity (Wildman–Crippen MR) is 78.6 cm³/mol. The lowest BCUT2D eigenvalue weighted by molar-refractivity contribution is -0.124. The van der Waals surface area contributed by atoms with E-state index < -0.39 is 0 Å². The molecule has 108 valence electrons. The Morgan fingerprint density at radius 1 is 1.45 bits per heavy atom. The van der Waals surface area contributed by atoms with Crippen LogP contribution in [-0.4, -0.2) is 25.7 Å². The van der Waals surface area contributed by atoms with E-state index in [0.29, 0.717) is 5.92 Å². The molecule has 0 aromatic heterocycles. The van der Waals surface area contributed by atoms with Crippen LogP contribution in [0.25, 0.3) is 0 Å². The Kier molecular flexibility index (Phi) is 3.79. The van der Waals surface area contributed by atoms with Crippen molar-refractivity contribution < 1.29 is 9.53 Å². The van der Waals surface area contributed by atoms with Crippen molar-refractivity contribution in [3.8, 4) is 0 Å². The first-order valence-corrected chi connectivity index (χ1v) is 7.64. The largest absolute Gasteiger partial charge is 0.381 e. The Labute approximate surface area is 120 Å². The SMILES string of the molecule is Cc1cccc(C2(C(=O)NC[C@@H]3CCCOC3)CC2)c1. The Balaban J connectivity index is 1.61. The van der Waals surface area contributed by atoms with E-state index in [-0.39, 0.29) is 11.3 Å². The molecule has 1 aromatic carbocycles. The summed E-state index contributed by atoms with van der Waals surface area (Å²) in [6.07, 6.45) is 4.23. The van der Waals surface area contributed by atoms with Gasteiger partial charge in [-0.1, -0.05) is 29.8 Å². The molecule has 20 heavy (non-hydrogen) atoms. The number of ether oxygens (including phenoxy) is 1. The third-order valence-corrected chi connectivity index (χ3v) is 4.56. The highest BCUT2D eigenvalue weighted by molar-refractivity contribution is 5.91. The number of hydrogen-bond donors (Lipinski definition) is 1. The summed E-state index contributed by atoms with van der Waals surface area (Å²) in [6, 6.07) is 8.36. The zero-order valence-corrected chi connectivity index (χ0v) is 12.2. The minimum Gasteiger partial charge on any atom is -0.381 e. The van der Waals surface area contributed by atoms with Gasteiger partial charge in [-0.05, 0) is 44.1 Å². The molecule has 2 fully saturated rings. The van der Waals surface area contributed by atoms with Gasteiger partial charge in [0, 0.05) is 13.2 Å². The fourth-order valence-electron chi connectivity index (χ4n) is 3.09. The lowest BCUT2D eigenvalue weighted by Gasteiger charge is -2.24. The molecule has 1 N–H and O–H groups in total. The fourth-order valence-corrected chi connectivity index (χ4v) is 3.09. The maximum absolute atomic E-state index is 12.5. The highest BCUT2D eigenvalue weighted by atomic mass is 16.5. The second-order valence-corrected chi connectivity index (χ2v) is 6.24. The van der Waals surface area contributed by atoms with Gasteiger partial charge in [0.25, 0.3) is 0 Å². The first-order valence-electron chi connectivity index (χ1n) is 7.64. The van der Waals surface area contributed by atoms with Crippen molar-refractivity contribution >= 4 is 5.91 Å². The summed E-state index contributed by atoms with van der Waals surface area (Å²) in [5.74, 6) is 0.690. The van der Waals surface area contributed by atoms with Gasteiger partial charge in [-0.25, -0.2) is 0 Å². The monoisotopic (exact) mass is 273 g/mol. The number of carbonyl (C=O) groups excluding carboxylic acids is 1. The van der Waals surface area contributed by atoms with E-state index in [1.54, 1.807) is 0 Å². The molecule has 1 heterocycles. The molecule has 3 rings (SSSR count). The molecule has 1 aliphatic heterocycles. The number of nitrogens with one attached hydrogen (secondary N) is 1. The van der Waals surface area contributed by atoms with Crippen molar-refractivity contribution in [1.29, 1.82) is 0 Å². The molecule has 1 amide bonds. The van der Waals surface area contributed by atoms with Crippen LogP contribution in [0.1, 0.15) is 36.8 Å². The Hall–Kier alpha value is -1.35. The quantitative estimate of drug-likeness (QED) is 0.915. The molecule has 0 unspecified atom stereocenters. The minimum absolute atomic E-state index is 0.202. The fraction of sp³-hybridized carbons (Fsp3) is 0.588. The van der Waals surface area contributed by atoms with Crippen molar-refractivity contribution in [2.24, 2.45) is 5.92 Å². The van der Waals surface area contributed by atoms with Crippen LogP contribution in [0.15, 0.2) is 24.3 Å². The molecule has 3 nitrogen and oxygen atoms in total. The molecule has 1 aromatic rings.